The Labute approximate surface area is 152 Å². The van der Waals surface area contributed by atoms with Gasteiger partial charge in [-0.05, 0) is 28.3 Å². The van der Waals surface area contributed by atoms with Gasteiger partial charge in [0.15, 0.2) is 0 Å². The molecule has 0 atom stereocenters. The standard InChI is InChI=1S/C14H17N7O2S2/c1-3-6-21(12(22)9-25-14-17-18-19-20(14)2)8-11-15-16-13(23-11)10-5-4-7-24-10/h4-5,7H,3,6,8-9H2,1-2H3. The molecule has 0 aliphatic carbocycles. The van der Waals surface area contributed by atoms with E-state index in [0.717, 1.165) is 11.3 Å². The van der Waals surface area contributed by atoms with E-state index in [0.29, 0.717) is 30.0 Å². The average molecular weight is 379 g/mol. The lowest BCUT2D eigenvalue weighted by Crippen LogP contribution is -2.32. The van der Waals surface area contributed by atoms with E-state index in [1.807, 2.05) is 24.4 Å². The lowest BCUT2D eigenvalue weighted by molar-refractivity contribution is -0.129. The number of amides is 1. The third-order valence-corrected chi connectivity index (χ3v) is 5.13. The second-order valence-electron chi connectivity index (χ2n) is 5.17. The Kier molecular flexibility index (Phi) is 5.76. The van der Waals surface area contributed by atoms with Gasteiger partial charge in [0.05, 0.1) is 17.2 Å². The van der Waals surface area contributed by atoms with Gasteiger partial charge in [0, 0.05) is 13.6 Å². The van der Waals surface area contributed by atoms with Crippen LogP contribution in [0.25, 0.3) is 10.8 Å². The molecule has 3 aromatic heterocycles. The minimum atomic E-state index is -0.0225. The zero-order chi connectivity index (χ0) is 17.6. The normalized spacial score (nSPS) is 11.0. The fraction of sp³-hybridized carbons (Fsp3) is 0.429. The first kappa shape index (κ1) is 17.5. The zero-order valence-corrected chi connectivity index (χ0v) is 15.5. The van der Waals surface area contributed by atoms with Crippen molar-refractivity contribution in [1.29, 1.82) is 0 Å². The quantitative estimate of drug-likeness (QED) is 0.546. The highest BCUT2D eigenvalue weighted by Gasteiger charge is 2.19. The summed E-state index contributed by atoms with van der Waals surface area (Å²) in [5.74, 6) is 1.13. The molecule has 9 nitrogen and oxygen atoms in total. The Balaban J connectivity index is 1.62. The van der Waals surface area contributed by atoms with Crippen LogP contribution in [0.5, 0.6) is 0 Å². The molecule has 0 aliphatic heterocycles. The number of aromatic nitrogens is 6. The summed E-state index contributed by atoms with van der Waals surface area (Å²) < 4.78 is 7.21. The molecule has 25 heavy (non-hydrogen) atoms. The summed E-state index contributed by atoms with van der Waals surface area (Å²) in [5.41, 5.74) is 0. The first-order valence-corrected chi connectivity index (χ1v) is 9.53. The predicted molar refractivity (Wildman–Crippen MR) is 92.8 cm³/mol. The van der Waals surface area contributed by atoms with Crippen LogP contribution in [-0.2, 0) is 18.4 Å². The van der Waals surface area contributed by atoms with Crippen LogP contribution in [0.15, 0.2) is 27.1 Å². The molecule has 0 radical (unpaired) electrons. The SMILES string of the molecule is CCCN(Cc1nnc(-c2cccs2)o1)C(=O)CSc1nnnn1C. The van der Waals surface area contributed by atoms with Crippen molar-refractivity contribution in [3.05, 3.63) is 23.4 Å². The number of tetrazole rings is 1. The molecule has 1 amide bonds. The lowest BCUT2D eigenvalue weighted by atomic mass is 10.4. The Hall–Kier alpha value is -2.27. The predicted octanol–water partition coefficient (Wildman–Crippen LogP) is 1.85. The highest BCUT2D eigenvalue weighted by Crippen LogP contribution is 2.23. The molecule has 3 rings (SSSR count). The van der Waals surface area contributed by atoms with E-state index < -0.39 is 0 Å². The van der Waals surface area contributed by atoms with Gasteiger partial charge in [-0.3, -0.25) is 4.79 Å². The van der Waals surface area contributed by atoms with Crippen molar-refractivity contribution in [2.24, 2.45) is 7.05 Å². The van der Waals surface area contributed by atoms with Crippen LogP contribution < -0.4 is 0 Å². The van der Waals surface area contributed by atoms with Crippen molar-refractivity contribution in [2.75, 3.05) is 12.3 Å². The maximum Gasteiger partial charge on any atom is 0.257 e. The van der Waals surface area contributed by atoms with Crippen molar-refractivity contribution in [1.82, 2.24) is 35.3 Å². The molecule has 0 spiro atoms. The number of thioether (sulfide) groups is 1. The number of hydrogen-bond acceptors (Lipinski definition) is 9. The van der Waals surface area contributed by atoms with E-state index in [1.54, 1.807) is 11.9 Å². The first-order valence-electron chi connectivity index (χ1n) is 7.66. The smallest absolute Gasteiger partial charge is 0.257 e. The van der Waals surface area contributed by atoms with Crippen molar-refractivity contribution >= 4 is 29.0 Å². The van der Waals surface area contributed by atoms with E-state index >= 15 is 0 Å². The van der Waals surface area contributed by atoms with E-state index in [1.165, 1.54) is 27.8 Å². The summed E-state index contributed by atoms with van der Waals surface area (Å²) in [6.07, 6.45) is 0.841. The number of hydrogen-bond donors (Lipinski definition) is 0. The third-order valence-electron chi connectivity index (χ3n) is 3.28. The molecule has 11 heteroatoms. The van der Waals surface area contributed by atoms with Gasteiger partial charge in [-0.25, -0.2) is 4.68 Å². The van der Waals surface area contributed by atoms with Gasteiger partial charge in [-0.2, -0.15) is 0 Å². The Bertz CT molecular complexity index is 815. The summed E-state index contributed by atoms with van der Waals surface area (Å²) in [6.45, 7) is 2.93. The van der Waals surface area contributed by atoms with Gasteiger partial charge in [-0.15, -0.1) is 26.6 Å². The second-order valence-corrected chi connectivity index (χ2v) is 7.06. The minimum absolute atomic E-state index is 0.0225. The number of aryl methyl sites for hydroxylation is 1. The number of nitrogens with zero attached hydrogens (tertiary/aromatic N) is 7. The lowest BCUT2D eigenvalue weighted by Gasteiger charge is -2.19. The minimum Gasteiger partial charge on any atom is -0.418 e. The van der Waals surface area contributed by atoms with Crippen molar-refractivity contribution in [2.45, 2.75) is 25.0 Å². The fourth-order valence-corrected chi connectivity index (χ4v) is 3.50. The molecule has 3 heterocycles. The number of rotatable bonds is 8. The molecule has 3 aromatic rings. The molecular weight excluding hydrogens is 362 g/mol. The van der Waals surface area contributed by atoms with Crippen LogP contribution in [0.2, 0.25) is 0 Å². The molecule has 132 valence electrons. The summed E-state index contributed by atoms with van der Waals surface area (Å²) in [5, 5.41) is 21.8. The Morgan fingerprint density at radius 2 is 2.28 bits per heavy atom. The zero-order valence-electron chi connectivity index (χ0n) is 13.8. The summed E-state index contributed by atoms with van der Waals surface area (Å²) in [7, 11) is 1.74. The number of thiophene rings is 1. The van der Waals surface area contributed by atoms with Crippen molar-refractivity contribution < 1.29 is 9.21 Å². The summed E-state index contributed by atoms with van der Waals surface area (Å²) in [4.78, 5) is 15.1. The van der Waals surface area contributed by atoms with Crippen LogP contribution in [0.4, 0.5) is 0 Å². The molecule has 0 saturated heterocycles. The molecule has 0 aliphatic rings. The van der Waals surface area contributed by atoms with E-state index in [9.17, 15) is 4.79 Å². The Morgan fingerprint density at radius 1 is 1.40 bits per heavy atom. The topological polar surface area (TPSA) is 103 Å². The van der Waals surface area contributed by atoms with E-state index in [4.69, 9.17) is 4.42 Å². The highest BCUT2D eigenvalue weighted by atomic mass is 32.2. The van der Waals surface area contributed by atoms with Crippen LogP contribution in [0, 0.1) is 0 Å². The van der Waals surface area contributed by atoms with Crippen LogP contribution in [0.1, 0.15) is 19.2 Å². The van der Waals surface area contributed by atoms with Gasteiger partial charge >= 0.3 is 0 Å². The van der Waals surface area contributed by atoms with Gasteiger partial charge in [0.2, 0.25) is 17.0 Å². The second kappa shape index (κ2) is 8.21. The molecule has 0 N–H and O–H groups in total. The molecule has 0 fully saturated rings. The number of carbonyl (C=O) groups excluding carboxylic acids is 1. The Morgan fingerprint density at radius 3 is 2.96 bits per heavy atom. The van der Waals surface area contributed by atoms with E-state index in [2.05, 4.69) is 25.7 Å². The van der Waals surface area contributed by atoms with Gasteiger partial charge in [0.25, 0.3) is 5.89 Å². The summed E-state index contributed by atoms with van der Waals surface area (Å²) in [6, 6.07) is 3.85. The van der Waals surface area contributed by atoms with Crippen LogP contribution in [-0.4, -0.2) is 53.5 Å². The van der Waals surface area contributed by atoms with Crippen LogP contribution in [0.3, 0.4) is 0 Å². The maximum absolute atomic E-state index is 12.5. The largest absolute Gasteiger partial charge is 0.418 e. The molecular formula is C14H17N7O2S2. The first-order chi connectivity index (χ1) is 12.2. The maximum atomic E-state index is 12.5. The molecule has 0 bridgehead atoms. The van der Waals surface area contributed by atoms with Crippen molar-refractivity contribution in [3.63, 3.8) is 0 Å². The van der Waals surface area contributed by atoms with Crippen molar-refractivity contribution in [3.8, 4) is 10.8 Å². The van der Waals surface area contributed by atoms with Crippen LogP contribution >= 0.6 is 23.1 Å². The van der Waals surface area contributed by atoms with Gasteiger partial charge in [0.1, 0.15) is 0 Å². The highest BCUT2D eigenvalue weighted by molar-refractivity contribution is 7.99. The number of carbonyl (C=O) groups is 1. The monoisotopic (exact) mass is 379 g/mol. The molecule has 0 aromatic carbocycles. The molecule has 0 saturated carbocycles. The summed E-state index contributed by atoms with van der Waals surface area (Å²) >= 11 is 2.83. The molecule has 0 unspecified atom stereocenters. The third kappa shape index (κ3) is 4.42. The fourth-order valence-electron chi connectivity index (χ4n) is 2.10. The van der Waals surface area contributed by atoms with Gasteiger partial charge < -0.3 is 9.32 Å². The average Bonchev–Trinajstić information content (AvgIpc) is 3.34. The van der Waals surface area contributed by atoms with Gasteiger partial charge in [-0.1, -0.05) is 24.8 Å². The van der Waals surface area contributed by atoms with E-state index in [-0.39, 0.29) is 11.7 Å².